The van der Waals surface area contributed by atoms with E-state index in [0.717, 1.165) is 27.8 Å². The zero-order valence-electron chi connectivity index (χ0n) is 19.8. The summed E-state index contributed by atoms with van der Waals surface area (Å²) in [5, 5.41) is 13.7. The lowest BCUT2D eigenvalue weighted by Crippen LogP contribution is -2.42. The van der Waals surface area contributed by atoms with Crippen LogP contribution in [0.15, 0.2) is 48.8 Å². The molecule has 1 aliphatic carbocycles. The van der Waals surface area contributed by atoms with Crippen molar-refractivity contribution in [2.45, 2.75) is 58.4 Å². The Morgan fingerprint density at radius 2 is 1.88 bits per heavy atom. The molecule has 1 aromatic heterocycles. The van der Waals surface area contributed by atoms with E-state index in [9.17, 15) is 14.7 Å². The number of carboxylic acids is 1. The molecule has 0 radical (unpaired) electrons. The maximum Gasteiger partial charge on any atom is 0.335 e. The molecule has 1 aliphatic rings. The monoisotopic (exact) mass is 442 g/mol. The molecule has 0 spiro atoms. The second-order valence-corrected chi connectivity index (χ2v) is 10.1. The number of aromatic carboxylic acids is 1. The molecule has 0 unspecified atom stereocenters. The van der Waals surface area contributed by atoms with E-state index in [1.54, 1.807) is 12.3 Å². The van der Waals surface area contributed by atoms with Gasteiger partial charge in [-0.1, -0.05) is 50.3 Å². The lowest BCUT2D eigenvalue weighted by Gasteiger charge is -2.41. The van der Waals surface area contributed by atoms with Gasteiger partial charge in [0.25, 0.3) is 0 Å². The van der Waals surface area contributed by atoms with Gasteiger partial charge in [-0.2, -0.15) is 5.10 Å². The van der Waals surface area contributed by atoms with E-state index in [1.807, 2.05) is 55.9 Å². The third kappa shape index (κ3) is 4.28. The van der Waals surface area contributed by atoms with Gasteiger partial charge < -0.3 is 5.11 Å². The topological polar surface area (TPSA) is 72.2 Å². The lowest BCUT2D eigenvalue weighted by molar-refractivity contribution is -0.125. The molecule has 170 valence electrons. The molecule has 2 aromatic carbocycles. The summed E-state index contributed by atoms with van der Waals surface area (Å²) in [6.45, 7) is 10.7. The zero-order valence-corrected chi connectivity index (χ0v) is 19.8. The van der Waals surface area contributed by atoms with Gasteiger partial charge in [0.1, 0.15) is 5.78 Å². The van der Waals surface area contributed by atoms with Crippen molar-refractivity contribution in [1.29, 1.82) is 0 Å². The van der Waals surface area contributed by atoms with Gasteiger partial charge in [-0.05, 0) is 71.7 Å². The fraction of sp³-hybridized carbons (Fsp3) is 0.321. The second kappa shape index (κ2) is 8.14. The molecule has 0 amide bonds. The van der Waals surface area contributed by atoms with Crippen molar-refractivity contribution >= 4 is 23.9 Å². The molecule has 0 saturated carbocycles. The van der Waals surface area contributed by atoms with Crippen molar-refractivity contribution in [3.05, 3.63) is 87.7 Å². The van der Waals surface area contributed by atoms with Gasteiger partial charge in [-0.3, -0.25) is 9.48 Å². The van der Waals surface area contributed by atoms with Crippen LogP contribution >= 0.6 is 0 Å². The standard InChI is InChI=1S/C28H30N2O3/c1-18-13-19(8-10-22(18)26(32)33)7-9-20-14-23-24(15-21(20)17-30-12-6-11-29-30)28(4,5)25(31)16-27(23,2)3/h6-15H,16-17H2,1-5H3,(H,32,33). The van der Waals surface area contributed by atoms with Gasteiger partial charge in [-0.25, -0.2) is 4.79 Å². The predicted molar refractivity (Wildman–Crippen MR) is 131 cm³/mol. The summed E-state index contributed by atoms with van der Waals surface area (Å²) in [6.07, 6.45) is 8.30. The first kappa shape index (κ1) is 22.7. The SMILES string of the molecule is Cc1cc(C=Cc2cc3c(cc2Cn2cccn2)C(C)(C)C(=O)CC3(C)C)ccc1C(=O)O. The summed E-state index contributed by atoms with van der Waals surface area (Å²) < 4.78 is 1.88. The van der Waals surface area contributed by atoms with Crippen LogP contribution in [0.1, 0.15) is 77.9 Å². The first-order chi connectivity index (χ1) is 15.5. The Labute approximate surface area is 194 Å². The Kier molecular flexibility index (Phi) is 5.61. The Hall–Kier alpha value is -3.47. The molecule has 0 bridgehead atoms. The van der Waals surface area contributed by atoms with Crippen LogP contribution in [0.2, 0.25) is 0 Å². The molecule has 5 heteroatoms. The van der Waals surface area contributed by atoms with Crippen LogP contribution < -0.4 is 0 Å². The summed E-state index contributed by atoms with van der Waals surface area (Å²) in [6, 6.07) is 11.6. The summed E-state index contributed by atoms with van der Waals surface area (Å²) in [5.41, 5.74) is 5.66. The average molecular weight is 443 g/mol. The molecule has 0 fully saturated rings. The number of hydrogen-bond donors (Lipinski definition) is 1. The molecule has 1 N–H and O–H groups in total. The van der Waals surface area contributed by atoms with Crippen LogP contribution in [0, 0.1) is 6.92 Å². The van der Waals surface area contributed by atoms with E-state index in [0.29, 0.717) is 18.5 Å². The van der Waals surface area contributed by atoms with Crippen LogP contribution in [-0.4, -0.2) is 26.6 Å². The second-order valence-electron chi connectivity index (χ2n) is 10.1. The first-order valence-corrected chi connectivity index (χ1v) is 11.2. The minimum atomic E-state index is -0.918. The third-order valence-corrected chi connectivity index (χ3v) is 6.81. The molecule has 33 heavy (non-hydrogen) atoms. The van der Waals surface area contributed by atoms with Crippen molar-refractivity contribution in [3.63, 3.8) is 0 Å². The Bertz CT molecular complexity index is 1260. The largest absolute Gasteiger partial charge is 0.478 e. The van der Waals surface area contributed by atoms with Gasteiger partial charge in [0.05, 0.1) is 12.1 Å². The first-order valence-electron chi connectivity index (χ1n) is 11.2. The van der Waals surface area contributed by atoms with E-state index in [1.165, 1.54) is 5.56 Å². The number of Topliss-reactive ketones (excluding diaryl/α,β-unsaturated/α-hetero) is 1. The number of carboxylic acid groups (broad SMARTS) is 1. The van der Waals surface area contributed by atoms with Crippen LogP contribution in [0.3, 0.4) is 0 Å². The fourth-order valence-corrected chi connectivity index (χ4v) is 4.68. The van der Waals surface area contributed by atoms with E-state index < -0.39 is 11.4 Å². The quantitative estimate of drug-likeness (QED) is 0.519. The van der Waals surface area contributed by atoms with Crippen LogP contribution in [0.5, 0.6) is 0 Å². The van der Waals surface area contributed by atoms with E-state index >= 15 is 0 Å². The highest BCUT2D eigenvalue weighted by Gasteiger charge is 2.43. The molecular weight excluding hydrogens is 412 g/mol. The normalized spacial score (nSPS) is 16.7. The molecule has 1 heterocycles. The van der Waals surface area contributed by atoms with Crippen molar-refractivity contribution in [1.82, 2.24) is 9.78 Å². The third-order valence-electron chi connectivity index (χ3n) is 6.81. The van der Waals surface area contributed by atoms with Crippen molar-refractivity contribution < 1.29 is 14.7 Å². The maximum absolute atomic E-state index is 13.0. The average Bonchev–Trinajstić information content (AvgIpc) is 3.24. The number of aromatic nitrogens is 2. The molecule has 4 rings (SSSR count). The lowest BCUT2D eigenvalue weighted by atomic mass is 9.62. The van der Waals surface area contributed by atoms with Gasteiger partial charge >= 0.3 is 5.97 Å². The number of rotatable bonds is 5. The molecule has 0 aliphatic heterocycles. The predicted octanol–water partition coefficient (Wildman–Crippen LogP) is 5.64. The van der Waals surface area contributed by atoms with E-state index in [2.05, 4.69) is 37.2 Å². The van der Waals surface area contributed by atoms with E-state index in [-0.39, 0.29) is 11.2 Å². The highest BCUT2D eigenvalue weighted by atomic mass is 16.4. The number of ketones is 1. The molecule has 0 saturated heterocycles. The number of nitrogens with zero attached hydrogens (tertiary/aromatic N) is 2. The van der Waals surface area contributed by atoms with Gasteiger partial charge in [0, 0.05) is 24.2 Å². The van der Waals surface area contributed by atoms with E-state index in [4.69, 9.17) is 0 Å². The van der Waals surface area contributed by atoms with Gasteiger partial charge in [-0.15, -0.1) is 0 Å². The smallest absolute Gasteiger partial charge is 0.335 e. The zero-order chi connectivity index (χ0) is 24.0. The number of hydrogen-bond acceptors (Lipinski definition) is 3. The minimum Gasteiger partial charge on any atom is -0.478 e. The number of benzene rings is 2. The summed E-state index contributed by atoms with van der Waals surface area (Å²) >= 11 is 0. The maximum atomic E-state index is 13.0. The number of fused-ring (bicyclic) bond motifs is 1. The summed E-state index contributed by atoms with van der Waals surface area (Å²) in [4.78, 5) is 24.3. The Morgan fingerprint density at radius 3 is 2.52 bits per heavy atom. The van der Waals surface area contributed by atoms with Crippen molar-refractivity contribution in [2.24, 2.45) is 0 Å². The highest BCUT2D eigenvalue weighted by Crippen LogP contribution is 2.45. The highest BCUT2D eigenvalue weighted by molar-refractivity contribution is 5.93. The minimum absolute atomic E-state index is 0.242. The van der Waals surface area contributed by atoms with Gasteiger partial charge in [0.2, 0.25) is 0 Å². The number of aryl methyl sites for hydroxylation is 1. The van der Waals surface area contributed by atoms with Gasteiger partial charge in [0.15, 0.2) is 0 Å². The molecule has 3 aromatic rings. The molecule has 5 nitrogen and oxygen atoms in total. The fourth-order valence-electron chi connectivity index (χ4n) is 4.68. The summed E-state index contributed by atoms with van der Waals surface area (Å²) in [5.74, 6) is -0.652. The molecular formula is C28H30N2O3. The van der Waals surface area contributed by atoms with Crippen LogP contribution in [0.4, 0.5) is 0 Å². The number of carbonyl (C=O) groups is 2. The van der Waals surface area contributed by atoms with Crippen molar-refractivity contribution in [2.75, 3.05) is 0 Å². The van der Waals surface area contributed by atoms with Crippen LogP contribution in [-0.2, 0) is 22.2 Å². The summed E-state index contributed by atoms with van der Waals surface area (Å²) in [7, 11) is 0. The molecule has 0 atom stereocenters. The number of carbonyl (C=O) groups excluding carboxylic acids is 1. The Balaban J connectivity index is 1.83. The van der Waals surface area contributed by atoms with Crippen molar-refractivity contribution in [3.8, 4) is 0 Å². The Morgan fingerprint density at radius 1 is 1.12 bits per heavy atom. The van der Waals surface area contributed by atoms with Crippen LogP contribution in [0.25, 0.3) is 12.2 Å².